The van der Waals surface area contributed by atoms with Crippen molar-refractivity contribution < 1.29 is 4.79 Å². The molecule has 26 heavy (non-hydrogen) atoms. The molecule has 0 saturated carbocycles. The van der Waals surface area contributed by atoms with Gasteiger partial charge in [-0.3, -0.25) is 4.68 Å². The fraction of sp³-hybridized carbons (Fsp3) is 0.571. The number of amides is 2. The van der Waals surface area contributed by atoms with E-state index >= 15 is 0 Å². The number of hydrogen-bond donors (Lipinski definition) is 2. The lowest BCUT2D eigenvalue weighted by molar-refractivity contribution is 0.214. The van der Waals surface area contributed by atoms with Crippen molar-refractivity contribution in [2.75, 3.05) is 25.1 Å². The van der Waals surface area contributed by atoms with Gasteiger partial charge in [0.2, 0.25) is 0 Å². The van der Waals surface area contributed by atoms with Gasteiger partial charge in [-0.1, -0.05) is 19.1 Å². The second-order valence-corrected chi connectivity index (χ2v) is 7.46. The molecule has 2 atom stereocenters. The molecule has 0 spiro atoms. The van der Waals surface area contributed by atoms with E-state index in [1.54, 1.807) is 0 Å². The lowest BCUT2D eigenvalue weighted by Crippen LogP contribution is -2.43. The molecule has 0 unspecified atom stereocenters. The molecule has 2 aromatic rings. The maximum Gasteiger partial charge on any atom is 0.336 e. The summed E-state index contributed by atoms with van der Waals surface area (Å²) in [5.74, 6) is 0.596. The van der Waals surface area contributed by atoms with Crippen LogP contribution in [0.25, 0.3) is 10.9 Å². The Morgan fingerprint density at radius 3 is 2.85 bits per heavy atom. The van der Waals surface area contributed by atoms with Crippen LogP contribution in [0.1, 0.15) is 56.4 Å². The van der Waals surface area contributed by atoms with Crippen LogP contribution in [0.2, 0.25) is 0 Å². The van der Waals surface area contributed by atoms with Gasteiger partial charge in [0.1, 0.15) is 0 Å². The number of rotatable bonds is 4. The Morgan fingerprint density at radius 1 is 1.31 bits per heavy atom. The largest absolute Gasteiger partial charge is 0.336 e. The highest BCUT2D eigenvalue weighted by atomic mass is 16.2. The zero-order chi connectivity index (χ0) is 18.3. The van der Waals surface area contributed by atoms with Gasteiger partial charge < -0.3 is 10.2 Å². The van der Waals surface area contributed by atoms with E-state index in [2.05, 4.69) is 40.5 Å². The molecule has 2 heterocycles. The van der Waals surface area contributed by atoms with Crippen LogP contribution in [0.3, 0.4) is 0 Å². The molecule has 0 radical (unpaired) electrons. The number of piperidine rings is 1. The zero-order valence-electron chi connectivity index (χ0n) is 16.1. The SMILES string of the molecule is CCc1c2c3c(cccc3n1NC(=O)N(CC)CC)[C@H]1CCCN[C@@H]1C2. The van der Waals surface area contributed by atoms with Crippen molar-refractivity contribution in [1.29, 1.82) is 0 Å². The minimum absolute atomic E-state index is 0.0201. The number of nitrogens with one attached hydrogen (secondary N) is 2. The van der Waals surface area contributed by atoms with Gasteiger partial charge in [-0.05, 0) is 63.3 Å². The van der Waals surface area contributed by atoms with E-state index in [1.165, 1.54) is 35.0 Å². The number of carbonyl (C=O) groups excluding carboxylic acids is 1. The number of aromatic nitrogens is 1. The van der Waals surface area contributed by atoms with Gasteiger partial charge in [-0.25, -0.2) is 10.2 Å². The van der Waals surface area contributed by atoms with Gasteiger partial charge in [0, 0.05) is 36.1 Å². The van der Waals surface area contributed by atoms with Crippen LogP contribution >= 0.6 is 0 Å². The zero-order valence-corrected chi connectivity index (χ0v) is 16.1. The lowest BCUT2D eigenvalue weighted by atomic mass is 9.75. The van der Waals surface area contributed by atoms with Gasteiger partial charge in [0.05, 0.1) is 5.52 Å². The maximum absolute atomic E-state index is 12.7. The fourth-order valence-electron chi connectivity index (χ4n) is 4.96. The first kappa shape index (κ1) is 17.4. The van der Waals surface area contributed by atoms with Crippen molar-refractivity contribution in [2.24, 2.45) is 0 Å². The topological polar surface area (TPSA) is 49.3 Å². The molecule has 1 aliphatic heterocycles. The van der Waals surface area contributed by atoms with E-state index in [9.17, 15) is 4.79 Å². The summed E-state index contributed by atoms with van der Waals surface area (Å²) in [4.78, 5) is 14.5. The van der Waals surface area contributed by atoms with E-state index in [1.807, 2.05) is 18.7 Å². The molecule has 140 valence electrons. The Balaban J connectivity index is 1.83. The van der Waals surface area contributed by atoms with Gasteiger partial charge in [-0.15, -0.1) is 0 Å². The highest BCUT2D eigenvalue weighted by Crippen LogP contribution is 2.42. The van der Waals surface area contributed by atoms with Gasteiger partial charge >= 0.3 is 6.03 Å². The van der Waals surface area contributed by atoms with Crippen molar-refractivity contribution >= 4 is 16.9 Å². The summed E-state index contributed by atoms with van der Waals surface area (Å²) in [7, 11) is 0. The fourth-order valence-corrected chi connectivity index (χ4v) is 4.96. The molecule has 2 amide bonds. The predicted octanol–water partition coefficient (Wildman–Crippen LogP) is 3.60. The average Bonchev–Trinajstić information content (AvgIpc) is 2.97. The Kier molecular flexibility index (Phi) is 4.65. The molecule has 1 aromatic heterocycles. The van der Waals surface area contributed by atoms with Crippen LogP contribution in [0, 0.1) is 0 Å². The molecule has 4 rings (SSSR count). The van der Waals surface area contributed by atoms with E-state index < -0.39 is 0 Å². The molecule has 1 saturated heterocycles. The molecule has 5 nitrogen and oxygen atoms in total. The van der Waals surface area contributed by atoms with Crippen LogP contribution < -0.4 is 10.7 Å². The second kappa shape index (κ2) is 6.95. The summed E-state index contributed by atoms with van der Waals surface area (Å²) in [5, 5.41) is 5.12. The second-order valence-electron chi connectivity index (χ2n) is 7.46. The van der Waals surface area contributed by atoms with Crippen LogP contribution in [-0.2, 0) is 12.8 Å². The summed E-state index contributed by atoms with van der Waals surface area (Å²) in [6.45, 7) is 8.78. The third-order valence-corrected chi connectivity index (χ3v) is 6.24. The summed E-state index contributed by atoms with van der Waals surface area (Å²) >= 11 is 0. The van der Waals surface area contributed by atoms with E-state index in [-0.39, 0.29) is 6.03 Å². The van der Waals surface area contributed by atoms with E-state index in [4.69, 9.17) is 0 Å². The minimum Gasteiger partial charge on any atom is -0.324 e. The average molecular weight is 354 g/mol. The summed E-state index contributed by atoms with van der Waals surface area (Å²) in [5.41, 5.74) is 8.47. The molecule has 5 heteroatoms. The Morgan fingerprint density at radius 2 is 2.12 bits per heavy atom. The molecule has 1 aliphatic carbocycles. The smallest absolute Gasteiger partial charge is 0.324 e. The number of carbonyl (C=O) groups is 1. The van der Waals surface area contributed by atoms with Crippen molar-refractivity contribution in [3.63, 3.8) is 0 Å². The van der Waals surface area contributed by atoms with Gasteiger partial charge in [-0.2, -0.15) is 0 Å². The maximum atomic E-state index is 12.7. The van der Waals surface area contributed by atoms with Crippen molar-refractivity contribution in [3.8, 4) is 0 Å². The summed E-state index contributed by atoms with van der Waals surface area (Å²) in [6, 6.07) is 7.11. The highest BCUT2D eigenvalue weighted by molar-refractivity contribution is 5.93. The predicted molar refractivity (Wildman–Crippen MR) is 106 cm³/mol. The third-order valence-electron chi connectivity index (χ3n) is 6.24. The number of nitrogens with zero attached hydrogens (tertiary/aromatic N) is 2. The summed E-state index contributed by atoms with van der Waals surface area (Å²) in [6.07, 6.45) is 4.48. The minimum atomic E-state index is -0.0201. The molecule has 1 fully saturated rings. The standard InChI is InChI=1S/C21H30N4O/c1-4-18-16-13-17-14(10-8-12-22-17)15-9-7-11-19(20(15)16)25(18)23-21(26)24(5-2)6-3/h7,9,11,14,17,22H,4-6,8,10,12-13H2,1-3H3,(H,23,26)/t14-,17-/m1/s1. The Labute approximate surface area is 155 Å². The third kappa shape index (κ3) is 2.60. The number of hydrogen-bond acceptors (Lipinski definition) is 2. The van der Waals surface area contributed by atoms with Gasteiger partial charge in [0.15, 0.2) is 0 Å². The molecular formula is C21H30N4O. The molecule has 2 aliphatic rings. The van der Waals surface area contributed by atoms with Crippen LogP contribution in [0.15, 0.2) is 18.2 Å². The van der Waals surface area contributed by atoms with E-state index in [0.717, 1.165) is 38.0 Å². The van der Waals surface area contributed by atoms with Crippen LogP contribution in [0.5, 0.6) is 0 Å². The quantitative estimate of drug-likeness (QED) is 0.881. The van der Waals surface area contributed by atoms with Crippen LogP contribution in [-0.4, -0.2) is 41.3 Å². The highest BCUT2D eigenvalue weighted by Gasteiger charge is 2.35. The normalized spacial score (nSPS) is 21.5. The van der Waals surface area contributed by atoms with Crippen LogP contribution in [0.4, 0.5) is 4.79 Å². The monoisotopic (exact) mass is 354 g/mol. The molecule has 2 N–H and O–H groups in total. The number of urea groups is 1. The lowest BCUT2D eigenvalue weighted by Gasteiger charge is -2.37. The Bertz CT molecular complexity index is 821. The molecule has 1 aromatic carbocycles. The van der Waals surface area contributed by atoms with Crippen molar-refractivity contribution in [2.45, 2.75) is 58.4 Å². The first-order chi connectivity index (χ1) is 12.7. The first-order valence-electron chi connectivity index (χ1n) is 10.1. The number of benzene rings is 1. The van der Waals surface area contributed by atoms with Gasteiger partial charge in [0.25, 0.3) is 0 Å². The van der Waals surface area contributed by atoms with Crippen molar-refractivity contribution in [3.05, 3.63) is 35.0 Å². The van der Waals surface area contributed by atoms with Crippen molar-refractivity contribution in [1.82, 2.24) is 14.9 Å². The number of fused-ring (bicyclic) bond motifs is 2. The molecular weight excluding hydrogens is 324 g/mol. The molecule has 0 bridgehead atoms. The van der Waals surface area contributed by atoms with E-state index in [0.29, 0.717) is 12.0 Å². The summed E-state index contributed by atoms with van der Waals surface area (Å²) < 4.78 is 2.06. The first-order valence-corrected chi connectivity index (χ1v) is 10.1. The Hall–Kier alpha value is -2.01.